The molecule has 0 saturated carbocycles. The van der Waals surface area contributed by atoms with Crippen molar-refractivity contribution in [1.29, 1.82) is 0 Å². The van der Waals surface area contributed by atoms with E-state index in [0.717, 1.165) is 38.5 Å². The Labute approximate surface area is 261 Å². The van der Waals surface area contributed by atoms with E-state index in [4.69, 9.17) is 0 Å². The number of rotatable bonds is 15. The Morgan fingerprint density at radius 3 is 0.757 bits per heavy atom. The first-order valence-electron chi connectivity index (χ1n) is 13.9. The van der Waals surface area contributed by atoms with Crippen LogP contribution in [0.2, 0.25) is 0 Å². The summed E-state index contributed by atoms with van der Waals surface area (Å²) in [5.74, 6) is -1.04. The summed E-state index contributed by atoms with van der Waals surface area (Å²) in [4.78, 5) is 32.3. The molecule has 0 fully saturated rings. The smallest absolute Gasteiger partial charge is 0.550 e. The molecule has 6 nitrogen and oxygen atoms in total. The maximum atomic E-state index is 10.8. The molecule has 7 heteroatoms. The van der Waals surface area contributed by atoms with Crippen LogP contribution in [0.15, 0.2) is 0 Å². The third-order valence-corrected chi connectivity index (χ3v) is 7.64. The Kier molecular flexibility index (Phi) is 25.5. The average molecular weight is 658 g/mol. The van der Waals surface area contributed by atoms with E-state index in [9.17, 15) is 29.7 Å². The van der Waals surface area contributed by atoms with Gasteiger partial charge in [-0.25, -0.2) is 0 Å². The third-order valence-electron chi connectivity index (χ3n) is 7.64. The van der Waals surface area contributed by atoms with Crippen LogP contribution >= 0.6 is 0 Å². The number of carboxylic acids is 3. The minimum Gasteiger partial charge on any atom is -0.550 e. The summed E-state index contributed by atoms with van der Waals surface area (Å²) in [6.07, 6.45) is 7.01. The van der Waals surface area contributed by atoms with Crippen molar-refractivity contribution in [1.82, 2.24) is 0 Å². The third kappa shape index (κ3) is 20.3. The molecule has 0 bridgehead atoms. The largest absolute Gasteiger partial charge is 3.00 e. The first-order chi connectivity index (χ1) is 16.3. The number of carbonyl (C=O) groups excluding carboxylic acids is 3. The number of aliphatic carboxylic acids is 3. The Hall–Kier alpha value is -0.239. The molecule has 0 heterocycles. The van der Waals surface area contributed by atoms with E-state index in [2.05, 4.69) is 41.5 Å². The second-order valence-electron chi connectivity index (χ2n) is 12.4. The van der Waals surface area contributed by atoms with Gasteiger partial charge < -0.3 is 29.7 Å². The molecule has 0 aromatic rings. The van der Waals surface area contributed by atoms with Crippen molar-refractivity contribution in [2.75, 3.05) is 0 Å². The van der Waals surface area contributed by atoms with Crippen LogP contribution in [0.1, 0.15) is 141 Å². The molecule has 0 aliphatic heterocycles. The zero-order chi connectivity index (χ0) is 29.3. The van der Waals surface area contributed by atoms with Crippen LogP contribution in [-0.4, -0.2) is 17.9 Å². The second-order valence-corrected chi connectivity index (χ2v) is 12.4. The molecule has 0 N–H and O–H groups in total. The second kappa shape index (κ2) is 21.6. The van der Waals surface area contributed by atoms with Gasteiger partial charge in [0.25, 0.3) is 0 Å². The van der Waals surface area contributed by atoms with E-state index >= 15 is 0 Å². The molecule has 0 aromatic carbocycles. The molecule has 217 valence electrons. The maximum Gasteiger partial charge on any atom is 3.00 e. The predicted molar refractivity (Wildman–Crippen MR) is 142 cm³/mol. The molecular formula is C30H57NdO6. The van der Waals surface area contributed by atoms with Crippen LogP contribution in [0.5, 0.6) is 0 Å². The normalized spacial score (nSPS) is 15.6. The van der Waals surface area contributed by atoms with Gasteiger partial charge in [-0.2, -0.15) is 0 Å². The summed E-state index contributed by atoms with van der Waals surface area (Å²) in [6, 6.07) is 0. The summed E-state index contributed by atoms with van der Waals surface area (Å²) in [7, 11) is 0. The number of carbonyl (C=O) groups is 3. The fourth-order valence-electron chi connectivity index (χ4n) is 3.09. The Morgan fingerprint density at radius 1 is 0.514 bits per heavy atom. The molecule has 37 heavy (non-hydrogen) atoms. The molecule has 0 aliphatic rings. The van der Waals surface area contributed by atoms with E-state index in [0.29, 0.717) is 37.0 Å². The molecule has 0 spiro atoms. The van der Waals surface area contributed by atoms with Crippen LogP contribution in [-0.2, 0) is 14.4 Å². The van der Waals surface area contributed by atoms with Crippen molar-refractivity contribution in [2.24, 2.45) is 34.0 Å². The van der Waals surface area contributed by atoms with Gasteiger partial charge in [-0.05, 0) is 56.3 Å². The first-order valence-corrected chi connectivity index (χ1v) is 13.9. The van der Waals surface area contributed by atoms with Gasteiger partial charge >= 0.3 is 40.8 Å². The molecule has 0 aromatic heterocycles. The average Bonchev–Trinajstić information content (AvgIpc) is 2.79. The van der Waals surface area contributed by atoms with Gasteiger partial charge in [0.2, 0.25) is 0 Å². The summed E-state index contributed by atoms with van der Waals surface area (Å²) >= 11 is 0. The molecule has 3 unspecified atom stereocenters. The predicted octanol–water partition coefficient (Wildman–Crippen LogP) is 4.77. The van der Waals surface area contributed by atoms with Gasteiger partial charge in [-0.15, -0.1) is 0 Å². The van der Waals surface area contributed by atoms with Crippen molar-refractivity contribution in [3.63, 3.8) is 0 Å². The summed E-state index contributed by atoms with van der Waals surface area (Å²) in [5.41, 5.74) is -1.86. The van der Waals surface area contributed by atoms with Gasteiger partial charge in [0.1, 0.15) is 0 Å². The SMILES string of the molecule is CCC(C)(CCC(C)C)C(=O)[O-].CCC(C)(CCC(C)C)C(=O)[O-].CCC(C)(CCC(C)C)C(=O)[O-].[Nd+3]. The summed E-state index contributed by atoms with van der Waals surface area (Å²) < 4.78 is 0. The van der Waals surface area contributed by atoms with Crippen LogP contribution in [0, 0.1) is 74.8 Å². The zero-order valence-corrected chi connectivity index (χ0v) is 29.3. The van der Waals surface area contributed by atoms with Crippen LogP contribution in [0.4, 0.5) is 0 Å². The van der Waals surface area contributed by atoms with Gasteiger partial charge in [0, 0.05) is 34.2 Å². The van der Waals surface area contributed by atoms with E-state index in [1.807, 2.05) is 20.8 Å². The molecule has 1 radical (unpaired) electrons. The van der Waals surface area contributed by atoms with E-state index in [-0.39, 0.29) is 40.8 Å². The molecular weight excluding hydrogens is 601 g/mol. The molecule has 0 rings (SSSR count). The topological polar surface area (TPSA) is 120 Å². The summed E-state index contributed by atoms with van der Waals surface area (Å²) in [5, 5.41) is 32.3. The molecule has 3 atom stereocenters. The van der Waals surface area contributed by atoms with Crippen LogP contribution < -0.4 is 15.3 Å². The quantitative estimate of drug-likeness (QED) is 0.250. The van der Waals surface area contributed by atoms with Gasteiger partial charge in [-0.3, -0.25) is 0 Å². The van der Waals surface area contributed by atoms with Gasteiger partial charge in [0.05, 0.1) is 0 Å². The summed E-state index contributed by atoms with van der Waals surface area (Å²) in [6.45, 7) is 23.6. The minimum absolute atomic E-state index is 0. The van der Waals surface area contributed by atoms with Crippen LogP contribution in [0.3, 0.4) is 0 Å². The fourth-order valence-corrected chi connectivity index (χ4v) is 3.09. The van der Waals surface area contributed by atoms with Crippen molar-refractivity contribution in [3.8, 4) is 0 Å². The number of hydrogen-bond donors (Lipinski definition) is 0. The van der Waals surface area contributed by atoms with Crippen molar-refractivity contribution >= 4 is 17.9 Å². The van der Waals surface area contributed by atoms with E-state index in [1.54, 1.807) is 20.8 Å². The van der Waals surface area contributed by atoms with Crippen molar-refractivity contribution < 1.29 is 70.5 Å². The zero-order valence-electron chi connectivity index (χ0n) is 26.0. The number of hydrogen-bond acceptors (Lipinski definition) is 6. The van der Waals surface area contributed by atoms with E-state index in [1.165, 1.54) is 0 Å². The van der Waals surface area contributed by atoms with E-state index < -0.39 is 34.2 Å². The fraction of sp³-hybridized carbons (Fsp3) is 0.900. The molecule has 0 saturated heterocycles. The monoisotopic (exact) mass is 655 g/mol. The molecule has 0 aliphatic carbocycles. The van der Waals surface area contributed by atoms with Crippen LogP contribution in [0.25, 0.3) is 0 Å². The Morgan fingerprint density at radius 2 is 0.676 bits per heavy atom. The minimum atomic E-state index is -0.911. The Balaban J connectivity index is -0.000000218. The van der Waals surface area contributed by atoms with Crippen molar-refractivity contribution in [2.45, 2.75) is 141 Å². The number of carboxylic acid groups (broad SMARTS) is 3. The van der Waals surface area contributed by atoms with Gasteiger partial charge in [0.15, 0.2) is 0 Å². The maximum absolute atomic E-state index is 10.8. The standard InChI is InChI=1S/3C10H20O2.Nd/c3*1-5-10(4,9(11)12)7-6-8(2)3;/h3*8H,5-7H2,1-4H3,(H,11,12);/q;;;+3/p-3. The van der Waals surface area contributed by atoms with Crippen molar-refractivity contribution in [3.05, 3.63) is 0 Å². The first kappa shape index (κ1) is 43.8. The molecule has 0 amide bonds. The van der Waals surface area contributed by atoms with Gasteiger partial charge in [-0.1, -0.05) is 102 Å². The Bertz CT molecular complexity index is 548.